The molecule has 1 N–H and O–H groups in total. The third kappa shape index (κ3) is 2.58. The Hall–Kier alpha value is -2.35. The van der Waals surface area contributed by atoms with Crippen LogP contribution in [0.25, 0.3) is 10.9 Å². The van der Waals surface area contributed by atoms with Crippen LogP contribution in [0.4, 0.5) is 5.69 Å². The molecule has 19 heavy (non-hydrogen) atoms. The average molecular weight is 248 g/mol. The summed E-state index contributed by atoms with van der Waals surface area (Å²) in [4.78, 5) is 4.47. The van der Waals surface area contributed by atoms with Crippen molar-refractivity contribution in [1.82, 2.24) is 4.98 Å². The number of benzene rings is 2. The number of para-hydroxylation sites is 1. The van der Waals surface area contributed by atoms with Crippen LogP contribution in [0, 0.1) is 6.92 Å². The van der Waals surface area contributed by atoms with E-state index in [-0.39, 0.29) is 0 Å². The van der Waals surface area contributed by atoms with Gasteiger partial charge in [-0.25, -0.2) is 0 Å². The molecular weight excluding hydrogens is 232 g/mol. The minimum absolute atomic E-state index is 0.789. The zero-order valence-corrected chi connectivity index (χ0v) is 10.9. The molecule has 0 radical (unpaired) electrons. The topological polar surface area (TPSA) is 24.9 Å². The number of nitrogens with zero attached hydrogens (tertiary/aromatic N) is 1. The van der Waals surface area contributed by atoms with Gasteiger partial charge in [-0.15, -0.1) is 0 Å². The second-order valence-corrected chi connectivity index (χ2v) is 4.71. The maximum Gasteiger partial charge on any atom is 0.0751 e. The lowest BCUT2D eigenvalue weighted by atomic mass is 10.1. The van der Waals surface area contributed by atoms with Crippen molar-refractivity contribution in [2.24, 2.45) is 0 Å². The van der Waals surface area contributed by atoms with Crippen molar-refractivity contribution in [3.63, 3.8) is 0 Å². The molecule has 0 aliphatic heterocycles. The SMILES string of the molecule is Cc1ccc(NCc2cccc3cccnc23)cc1. The molecule has 0 aliphatic rings. The summed E-state index contributed by atoms with van der Waals surface area (Å²) >= 11 is 0. The number of fused-ring (bicyclic) bond motifs is 1. The lowest BCUT2D eigenvalue weighted by Gasteiger charge is -2.09. The molecule has 0 bridgehead atoms. The minimum atomic E-state index is 0.789. The van der Waals surface area contributed by atoms with E-state index in [9.17, 15) is 0 Å². The fraction of sp³-hybridized carbons (Fsp3) is 0.118. The first-order valence-electron chi connectivity index (χ1n) is 6.46. The average Bonchev–Trinajstić information content (AvgIpc) is 2.47. The summed E-state index contributed by atoms with van der Waals surface area (Å²) in [6.07, 6.45) is 1.84. The van der Waals surface area contributed by atoms with Crippen LogP contribution in [0.15, 0.2) is 60.8 Å². The molecule has 0 unspecified atom stereocenters. The molecule has 2 heteroatoms. The monoisotopic (exact) mass is 248 g/mol. The highest BCUT2D eigenvalue weighted by molar-refractivity contribution is 5.81. The van der Waals surface area contributed by atoms with Gasteiger partial charge in [0.25, 0.3) is 0 Å². The summed E-state index contributed by atoms with van der Waals surface area (Å²) in [6, 6.07) is 18.8. The third-order valence-electron chi connectivity index (χ3n) is 3.25. The van der Waals surface area contributed by atoms with Gasteiger partial charge in [0.05, 0.1) is 5.52 Å². The maximum atomic E-state index is 4.47. The number of hydrogen-bond donors (Lipinski definition) is 1. The minimum Gasteiger partial charge on any atom is -0.381 e. The molecule has 1 aromatic heterocycles. The Morgan fingerprint density at radius 2 is 1.74 bits per heavy atom. The summed E-state index contributed by atoms with van der Waals surface area (Å²) in [5.74, 6) is 0. The molecule has 2 aromatic carbocycles. The Morgan fingerprint density at radius 1 is 0.947 bits per heavy atom. The van der Waals surface area contributed by atoms with Crippen LogP contribution in [-0.2, 0) is 6.54 Å². The first-order chi connectivity index (χ1) is 9.33. The number of aryl methyl sites for hydroxylation is 1. The fourth-order valence-corrected chi connectivity index (χ4v) is 2.18. The van der Waals surface area contributed by atoms with E-state index >= 15 is 0 Å². The summed E-state index contributed by atoms with van der Waals surface area (Å²) in [5, 5.41) is 4.63. The largest absolute Gasteiger partial charge is 0.381 e. The lowest BCUT2D eigenvalue weighted by Crippen LogP contribution is -2.00. The van der Waals surface area contributed by atoms with Gasteiger partial charge in [-0.2, -0.15) is 0 Å². The fourth-order valence-electron chi connectivity index (χ4n) is 2.18. The second kappa shape index (κ2) is 5.11. The van der Waals surface area contributed by atoms with Gasteiger partial charge in [0.1, 0.15) is 0 Å². The Kier molecular flexibility index (Phi) is 3.15. The van der Waals surface area contributed by atoms with Crippen LogP contribution in [-0.4, -0.2) is 4.98 Å². The molecule has 1 heterocycles. The standard InChI is InChI=1S/C17H16N2/c1-13-7-9-16(10-8-13)19-12-15-5-2-4-14-6-3-11-18-17(14)15/h2-11,19H,12H2,1H3. The van der Waals surface area contributed by atoms with Crippen molar-refractivity contribution in [3.8, 4) is 0 Å². The predicted molar refractivity (Wildman–Crippen MR) is 80.2 cm³/mol. The van der Waals surface area contributed by atoms with Gasteiger partial charge in [-0.3, -0.25) is 4.98 Å². The highest BCUT2D eigenvalue weighted by Gasteiger charge is 2.01. The van der Waals surface area contributed by atoms with Gasteiger partial charge >= 0.3 is 0 Å². The maximum absolute atomic E-state index is 4.47. The van der Waals surface area contributed by atoms with E-state index in [1.165, 1.54) is 16.5 Å². The van der Waals surface area contributed by atoms with Gasteiger partial charge in [0.15, 0.2) is 0 Å². The third-order valence-corrected chi connectivity index (χ3v) is 3.25. The predicted octanol–water partition coefficient (Wildman–Crippen LogP) is 4.16. The van der Waals surface area contributed by atoms with Crippen molar-refractivity contribution in [3.05, 3.63) is 71.9 Å². The second-order valence-electron chi connectivity index (χ2n) is 4.71. The molecule has 0 atom stereocenters. The van der Waals surface area contributed by atoms with Crippen LogP contribution < -0.4 is 5.32 Å². The van der Waals surface area contributed by atoms with E-state index in [0.29, 0.717) is 0 Å². The van der Waals surface area contributed by atoms with Gasteiger partial charge < -0.3 is 5.32 Å². The van der Waals surface area contributed by atoms with Crippen LogP contribution in [0.3, 0.4) is 0 Å². The Labute approximate surface area is 113 Å². The van der Waals surface area contributed by atoms with Crippen molar-refractivity contribution in [2.45, 2.75) is 13.5 Å². The first-order valence-corrected chi connectivity index (χ1v) is 6.46. The molecule has 94 valence electrons. The van der Waals surface area contributed by atoms with Gasteiger partial charge in [-0.1, -0.05) is 42.0 Å². The Bertz CT molecular complexity index is 682. The van der Waals surface area contributed by atoms with E-state index in [0.717, 1.165) is 17.7 Å². The van der Waals surface area contributed by atoms with Crippen LogP contribution in [0.1, 0.15) is 11.1 Å². The number of rotatable bonds is 3. The summed E-state index contributed by atoms with van der Waals surface area (Å²) < 4.78 is 0. The highest BCUT2D eigenvalue weighted by atomic mass is 14.9. The van der Waals surface area contributed by atoms with E-state index in [2.05, 4.69) is 65.8 Å². The van der Waals surface area contributed by atoms with E-state index in [1.807, 2.05) is 12.3 Å². The molecule has 3 aromatic rings. The number of nitrogens with one attached hydrogen (secondary N) is 1. The van der Waals surface area contributed by atoms with Gasteiger partial charge in [0.2, 0.25) is 0 Å². The van der Waals surface area contributed by atoms with Crippen LogP contribution in [0.2, 0.25) is 0 Å². The van der Waals surface area contributed by atoms with Gasteiger partial charge in [0, 0.05) is 23.8 Å². The number of hydrogen-bond acceptors (Lipinski definition) is 2. The van der Waals surface area contributed by atoms with Crippen molar-refractivity contribution >= 4 is 16.6 Å². The van der Waals surface area contributed by atoms with Crippen molar-refractivity contribution in [1.29, 1.82) is 0 Å². The molecule has 0 saturated carbocycles. The molecule has 0 spiro atoms. The Morgan fingerprint density at radius 3 is 2.58 bits per heavy atom. The number of anilines is 1. The molecule has 0 fully saturated rings. The Balaban J connectivity index is 1.84. The molecule has 2 nitrogen and oxygen atoms in total. The molecular formula is C17H16N2. The molecule has 0 aliphatic carbocycles. The first kappa shape index (κ1) is 11.7. The van der Waals surface area contributed by atoms with E-state index < -0.39 is 0 Å². The number of pyridine rings is 1. The molecule has 3 rings (SSSR count). The zero-order valence-electron chi connectivity index (χ0n) is 10.9. The normalized spacial score (nSPS) is 10.6. The highest BCUT2D eigenvalue weighted by Crippen LogP contribution is 2.17. The van der Waals surface area contributed by atoms with Crippen LogP contribution >= 0.6 is 0 Å². The smallest absolute Gasteiger partial charge is 0.0751 e. The molecule has 0 saturated heterocycles. The van der Waals surface area contributed by atoms with Gasteiger partial charge in [-0.05, 0) is 30.7 Å². The summed E-state index contributed by atoms with van der Waals surface area (Å²) in [7, 11) is 0. The quantitative estimate of drug-likeness (QED) is 0.753. The summed E-state index contributed by atoms with van der Waals surface area (Å²) in [5.41, 5.74) is 4.71. The summed E-state index contributed by atoms with van der Waals surface area (Å²) in [6.45, 7) is 2.88. The number of aromatic nitrogens is 1. The van der Waals surface area contributed by atoms with Crippen LogP contribution in [0.5, 0.6) is 0 Å². The lowest BCUT2D eigenvalue weighted by molar-refractivity contribution is 1.15. The van der Waals surface area contributed by atoms with Crippen molar-refractivity contribution in [2.75, 3.05) is 5.32 Å². The van der Waals surface area contributed by atoms with E-state index in [4.69, 9.17) is 0 Å². The van der Waals surface area contributed by atoms with E-state index in [1.54, 1.807) is 0 Å². The molecule has 0 amide bonds. The zero-order chi connectivity index (χ0) is 13.1. The van der Waals surface area contributed by atoms with Crippen molar-refractivity contribution < 1.29 is 0 Å².